The minimum Gasteiger partial charge on any atom is -0.393 e. The van der Waals surface area contributed by atoms with Crippen LogP contribution in [0.1, 0.15) is 57.6 Å². The summed E-state index contributed by atoms with van der Waals surface area (Å²) in [5, 5.41) is 10.0. The molecule has 2 heterocycles. The highest BCUT2D eigenvalue weighted by molar-refractivity contribution is 5.72. The number of aliphatic hydroxyl groups is 1. The fraction of sp³-hybridized carbons (Fsp3) is 0.619. The molecule has 1 saturated heterocycles. The molecule has 0 aliphatic carbocycles. The van der Waals surface area contributed by atoms with Crippen molar-refractivity contribution in [2.45, 2.75) is 65.5 Å². The molecular formula is C21H31NO. The van der Waals surface area contributed by atoms with Crippen molar-refractivity contribution in [2.75, 3.05) is 13.1 Å². The number of fused-ring (bicyclic) bond motifs is 1. The molecule has 0 spiro atoms. The number of benzene rings is 1. The van der Waals surface area contributed by atoms with Gasteiger partial charge in [-0.2, -0.15) is 0 Å². The van der Waals surface area contributed by atoms with Gasteiger partial charge in [-0.25, -0.2) is 0 Å². The Balaban J connectivity index is 2.03. The van der Waals surface area contributed by atoms with E-state index in [9.17, 15) is 5.11 Å². The fourth-order valence-corrected chi connectivity index (χ4v) is 5.19. The van der Waals surface area contributed by atoms with Crippen molar-refractivity contribution >= 4 is 5.57 Å². The van der Waals surface area contributed by atoms with E-state index in [1.165, 1.54) is 36.1 Å². The molecule has 2 aliphatic heterocycles. The molecule has 0 saturated carbocycles. The number of aliphatic hydroxyl groups excluding tert-OH is 1. The highest BCUT2D eigenvalue weighted by Gasteiger charge is 2.44. The molecule has 2 aliphatic rings. The van der Waals surface area contributed by atoms with Gasteiger partial charge in [-0.3, -0.25) is 4.90 Å². The molecule has 3 unspecified atom stereocenters. The fourth-order valence-electron chi connectivity index (χ4n) is 5.19. The molecule has 0 amide bonds. The topological polar surface area (TPSA) is 23.5 Å². The van der Waals surface area contributed by atoms with Crippen LogP contribution in [-0.2, 0) is 0 Å². The zero-order chi connectivity index (χ0) is 16.6. The van der Waals surface area contributed by atoms with Crippen molar-refractivity contribution < 1.29 is 5.11 Å². The highest BCUT2D eigenvalue weighted by Crippen LogP contribution is 2.47. The van der Waals surface area contributed by atoms with E-state index < -0.39 is 0 Å². The zero-order valence-electron chi connectivity index (χ0n) is 15.1. The number of nitrogens with zero attached hydrogens (tertiary/aromatic N) is 1. The molecule has 0 radical (unpaired) electrons. The molecule has 1 N–H and O–H groups in total. The molecular weight excluding hydrogens is 282 g/mol. The number of hydrogen-bond acceptors (Lipinski definition) is 2. The Labute approximate surface area is 141 Å². The standard InChI is InChI=1S/C21H31NO/c1-15-8-5-6-9-18(15)19-10-13-22-12-7-11-21(4,14-16(2)23)20(22)17(19)3/h5-6,8-9,16,20,23H,7,10-14H2,1-4H3. The van der Waals surface area contributed by atoms with Gasteiger partial charge in [-0.1, -0.05) is 36.8 Å². The maximum atomic E-state index is 10.0. The van der Waals surface area contributed by atoms with E-state index in [2.05, 4.69) is 49.9 Å². The third kappa shape index (κ3) is 3.12. The Kier molecular flexibility index (Phi) is 4.66. The SMILES string of the molecule is CC1=C(c2ccccc2C)CCN2CCCC(C)(CC(C)O)C12. The van der Waals surface area contributed by atoms with Crippen LogP contribution in [0.2, 0.25) is 0 Å². The Morgan fingerprint density at radius 2 is 2.00 bits per heavy atom. The summed E-state index contributed by atoms with van der Waals surface area (Å²) in [6.45, 7) is 11.2. The first kappa shape index (κ1) is 16.7. The van der Waals surface area contributed by atoms with Crippen LogP contribution in [0, 0.1) is 12.3 Å². The predicted molar refractivity (Wildman–Crippen MR) is 97.4 cm³/mol. The quantitative estimate of drug-likeness (QED) is 0.893. The van der Waals surface area contributed by atoms with Crippen molar-refractivity contribution in [3.05, 3.63) is 41.0 Å². The van der Waals surface area contributed by atoms with Crippen LogP contribution >= 0.6 is 0 Å². The second kappa shape index (κ2) is 6.41. The van der Waals surface area contributed by atoms with E-state index in [1.54, 1.807) is 5.57 Å². The molecule has 126 valence electrons. The van der Waals surface area contributed by atoms with Gasteiger partial charge < -0.3 is 5.11 Å². The molecule has 2 nitrogen and oxygen atoms in total. The minimum atomic E-state index is -0.225. The highest BCUT2D eigenvalue weighted by atomic mass is 16.3. The lowest BCUT2D eigenvalue weighted by molar-refractivity contribution is 0.00708. The lowest BCUT2D eigenvalue weighted by Crippen LogP contribution is -2.54. The van der Waals surface area contributed by atoms with E-state index >= 15 is 0 Å². The Morgan fingerprint density at radius 1 is 1.26 bits per heavy atom. The van der Waals surface area contributed by atoms with Crippen LogP contribution in [0.15, 0.2) is 29.8 Å². The van der Waals surface area contributed by atoms with E-state index in [0.29, 0.717) is 6.04 Å². The molecule has 1 aromatic rings. The lowest BCUT2D eigenvalue weighted by Gasteiger charge is -2.52. The maximum absolute atomic E-state index is 10.0. The second-order valence-corrected chi connectivity index (χ2v) is 7.98. The van der Waals surface area contributed by atoms with Crippen LogP contribution < -0.4 is 0 Å². The van der Waals surface area contributed by atoms with Gasteiger partial charge in [0.05, 0.1) is 6.10 Å². The first-order valence-corrected chi connectivity index (χ1v) is 9.10. The van der Waals surface area contributed by atoms with Crippen LogP contribution in [0.25, 0.3) is 5.57 Å². The van der Waals surface area contributed by atoms with Crippen LogP contribution in [-0.4, -0.2) is 35.2 Å². The van der Waals surface area contributed by atoms with Gasteiger partial charge in [0.2, 0.25) is 0 Å². The smallest absolute Gasteiger partial charge is 0.0518 e. The third-order valence-electron chi connectivity index (χ3n) is 5.99. The van der Waals surface area contributed by atoms with Crippen molar-refractivity contribution in [1.29, 1.82) is 0 Å². The van der Waals surface area contributed by atoms with Gasteiger partial charge in [-0.15, -0.1) is 0 Å². The van der Waals surface area contributed by atoms with Crippen molar-refractivity contribution in [3.63, 3.8) is 0 Å². The van der Waals surface area contributed by atoms with E-state index in [-0.39, 0.29) is 11.5 Å². The van der Waals surface area contributed by atoms with E-state index in [4.69, 9.17) is 0 Å². The van der Waals surface area contributed by atoms with Gasteiger partial charge in [-0.05, 0) is 75.1 Å². The van der Waals surface area contributed by atoms with Gasteiger partial charge in [0.1, 0.15) is 0 Å². The van der Waals surface area contributed by atoms with Gasteiger partial charge in [0.15, 0.2) is 0 Å². The van der Waals surface area contributed by atoms with Gasteiger partial charge in [0, 0.05) is 12.6 Å². The molecule has 0 bridgehead atoms. The third-order valence-corrected chi connectivity index (χ3v) is 5.99. The number of piperidine rings is 1. The van der Waals surface area contributed by atoms with Crippen LogP contribution in [0.5, 0.6) is 0 Å². The predicted octanol–water partition coefficient (Wildman–Crippen LogP) is 4.41. The van der Waals surface area contributed by atoms with Crippen LogP contribution in [0.3, 0.4) is 0 Å². The summed E-state index contributed by atoms with van der Waals surface area (Å²) >= 11 is 0. The zero-order valence-corrected chi connectivity index (χ0v) is 15.1. The molecule has 1 aromatic carbocycles. The van der Waals surface area contributed by atoms with Crippen molar-refractivity contribution in [3.8, 4) is 0 Å². The normalized spacial score (nSPS) is 30.2. The molecule has 23 heavy (non-hydrogen) atoms. The summed E-state index contributed by atoms with van der Waals surface area (Å²) in [6.07, 6.45) is 4.30. The Morgan fingerprint density at radius 3 is 2.70 bits per heavy atom. The van der Waals surface area contributed by atoms with E-state index in [1.807, 2.05) is 6.92 Å². The average molecular weight is 313 g/mol. The minimum absolute atomic E-state index is 0.185. The Hall–Kier alpha value is -1.12. The Bertz CT molecular complexity index is 604. The van der Waals surface area contributed by atoms with E-state index in [0.717, 1.165) is 19.4 Å². The summed E-state index contributed by atoms with van der Waals surface area (Å²) in [4.78, 5) is 2.67. The number of hydrogen-bond donors (Lipinski definition) is 1. The van der Waals surface area contributed by atoms with Crippen LogP contribution in [0.4, 0.5) is 0 Å². The summed E-state index contributed by atoms with van der Waals surface area (Å²) in [7, 11) is 0. The lowest BCUT2D eigenvalue weighted by atomic mass is 9.66. The summed E-state index contributed by atoms with van der Waals surface area (Å²) in [5.74, 6) is 0. The molecule has 1 fully saturated rings. The van der Waals surface area contributed by atoms with Gasteiger partial charge >= 0.3 is 0 Å². The average Bonchev–Trinajstić information content (AvgIpc) is 2.47. The largest absolute Gasteiger partial charge is 0.393 e. The second-order valence-electron chi connectivity index (χ2n) is 7.98. The first-order chi connectivity index (χ1) is 10.9. The van der Waals surface area contributed by atoms with Gasteiger partial charge in [0.25, 0.3) is 0 Å². The van der Waals surface area contributed by atoms with Crippen molar-refractivity contribution in [2.24, 2.45) is 5.41 Å². The summed E-state index contributed by atoms with van der Waals surface area (Å²) < 4.78 is 0. The molecule has 2 heteroatoms. The first-order valence-electron chi connectivity index (χ1n) is 9.10. The monoisotopic (exact) mass is 313 g/mol. The maximum Gasteiger partial charge on any atom is 0.0518 e. The number of aryl methyl sites for hydroxylation is 1. The summed E-state index contributed by atoms with van der Waals surface area (Å²) in [6, 6.07) is 9.26. The molecule has 3 atom stereocenters. The molecule has 3 rings (SSSR count). The summed E-state index contributed by atoms with van der Waals surface area (Å²) in [5.41, 5.74) is 6.07. The molecule has 0 aromatic heterocycles. The van der Waals surface area contributed by atoms with Crippen molar-refractivity contribution in [1.82, 2.24) is 4.90 Å². The number of rotatable bonds is 3.